The molecule has 0 saturated carbocycles. The largest absolute Gasteiger partial charge is 0.493 e. The van der Waals surface area contributed by atoms with E-state index in [1.54, 1.807) is 0 Å². The third kappa shape index (κ3) is 2.91. The van der Waals surface area contributed by atoms with Crippen LogP contribution in [0.3, 0.4) is 0 Å². The molecule has 0 aliphatic heterocycles. The lowest BCUT2D eigenvalue weighted by atomic mass is 9.76. The van der Waals surface area contributed by atoms with E-state index >= 15 is 0 Å². The van der Waals surface area contributed by atoms with Gasteiger partial charge >= 0.3 is 0 Å². The van der Waals surface area contributed by atoms with Gasteiger partial charge in [-0.1, -0.05) is 78.9 Å². The second-order valence-corrected chi connectivity index (χ2v) is 6.34. The standard InChI is InChI=1S/C24H22N2O/c1-2-27-23-16-10-9-15-22(23)24(26-18-17-25-19-26,20-11-5-3-6-12-20)21-13-7-4-8-14-21/h3-19H,2H2,1H3. The molecule has 3 aromatic carbocycles. The summed E-state index contributed by atoms with van der Waals surface area (Å²) in [5.74, 6) is 0.876. The van der Waals surface area contributed by atoms with Crippen LogP contribution >= 0.6 is 0 Å². The Kier molecular flexibility index (Phi) is 4.75. The van der Waals surface area contributed by atoms with E-state index in [2.05, 4.69) is 70.2 Å². The predicted octanol–water partition coefficient (Wildman–Crippen LogP) is 5.12. The molecule has 0 fully saturated rings. The minimum Gasteiger partial charge on any atom is -0.493 e. The number of rotatable bonds is 6. The van der Waals surface area contributed by atoms with Gasteiger partial charge in [-0.2, -0.15) is 0 Å². The van der Waals surface area contributed by atoms with Crippen LogP contribution in [0.25, 0.3) is 0 Å². The van der Waals surface area contributed by atoms with Crippen molar-refractivity contribution in [2.24, 2.45) is 0 Å². The van der Waals surface area contributed by atoms with E-state index in [4.69, 9.17) is 4.74 Å². The summed E-state index contributed by atoms with van der Waals surface area (Å²) in [5.41, 5.74) is 2.81. The number of nitrogens with zero attached hydrogens (tertiary/aromatic N) is 2. The van der Waals surface area contributed by atoms with Crippen molar-refractivity contribution in [1.29, 1.82) is 0 Å². The molecule has 1 heterocycles. The Morgan fingerprint density at radius 2 is 1.41 bits per heavy atom. The number of imidazole rings is 1. The van der Waals surface area contributed by atoms with Crippen LogP contribution in [-0.2, 0) is 5.54 Å². The maximum atomic E-state index is 6.05. The van der Waals surface area contributed by atoms with Crippen molar-refractivity contribution in [3.63, 3.8) is 0 Å². The lowest BCUT2D eigenvalue weighted by molar-refractivity contribution is 0.328. The van der Waals surface area contributed by atoms with Crippen molar-refractivity contribution >= 4 is 0 Å². The first-order valence-electron chi connectivity index (χ1n) is 9.19. The van der Waals surface area contributed by atoms with E-state index in [0.717, 1.165) is 22.4 Å². The Morgan fingerprint density at radius 1 is 0.815 bits per heavy atom. The Hall–Kier alpha value is -3.33. The minimum atomic E-state index is -0.579. The molecule has 4 rings (SSSR count). The first kappa shape index (κ1) is 17.1. The minimum absolute atomic E-state index is 0.579. The normalized spacial score (nSPS) is 11.3. The number of aromatic nitrogens is 2. The van der Waals surface area contributed by atoms with Gasteiger partial charge in [0.1, 0.15) is 11.3 Å². The highest BCUT2D eigenvalue weighted by atomic mass is 16.5. The fraction of sp³-hybridized carbons (Fsp3) is 0.125. The Balaban J connectivity index is 2.13. The van der Waals surface area contributed by atoms with Crippen molar-refractivity contribution in [3.05, 3.63) is 120 Å². The predicted molar refractivity (Wildman–Crippen MR) is 108 cm³/mol. The van der Waals surface area contributed by atoms with Crippen LogP contribution in [0.15, 0.2) is 104 Å². The fourth-order valence-corrected chi connectivity index (χ4v) is 3.78. The van der Waals surface area contributed by atoms with E-state index in [1.165, 1.54) is 0 Å². The molecule has 27 heavy (non-hydrogen) atoms. The third-order valence-electron chi connectivity index (χ3n) is 4.85. The van der Waals surface area contributed by atoms with Crippen molar-refractivity contribution < 1.29 is 4.74 Å². The van der Waals surface area contributed by atoms with Crippen molar-refractivity contribution in [2.75, 3.05) is 6.61 Å². The van der Waals surface area contributed by atoms with Gasteiger partial charge in [-0.25, -0.2) is 4.98 Å². The number of para-hydroxylation sites is 1. The van der Waals surface area contributed by atoms with Gasteiger partial charge in [-0.05, 0) is 24.1 Å². The van der Waals surface area contributed by atoms with E-state index in [1.807, 2.05) is 49.9 Å². The molecule has 0 N–H and O–H groups in total. The fourth-order valence-electron chi connectivity index (χ4n) is 3.78. The molecule has 3 nitrogen and oxygen atoms in total. The molecule has 1 aromatic heterocycles. The second kappa shape index (κ2) is 7.50. The summed E-state index contributed by atoms with van der Waals surface area (Å²) in [6.45, 7) is 2.63. The molecule has 0 unspecified atom stereocenters. The monoisotopic (exact) mass is 354 g/mol. The molecular weight excluding hydrogens is 332 g/mol. The van der Waals surface area contributed by atoms with Gasteiger partial charge in [0.05, 0.1) is 12.9 Å². The molecule has 0 saturated heterocycles. The molecule has 0 bridgehead atoms. The zero-order chi connectivity index (χ0) is 18.5. The quantitative estimate of drug-likeness (QED) is 0.449. The number of benzene rings is 3. The Morgan fingerprint density at radius 3 is 1.96 bits per heavy atom. The maximum absolute atomic E-state index is 6.05. The zero-order valence-corrected chi connectivity index (χ0v) is 15.3. The average molecular weight is 354 g/mol. The topological polar surface area (TPSA) is 27.1 Å². The molecule has 0 amide bonds. The summed E-state index contributed by atoms with van der Waals surface area (Å²) in [6.07, 6.45) is 5.72. The summed E-state index contributed by atoms with van der Waals surface area (Å²) in [6, 6.07) is 29.3. The van der Waals surface area contributed by atoms with Crippen LogP contribution in [0.2, 0.25) is 0 Å². The molecule has 0 aliphatic carbocycles. The SMILES string of the molecule is CCOc1ccccc1C(c1ccccc1)(c1ccccc1)n1ccnc1. The third-order valence-corrected chi connectivity index (χ3v) is 4.85. The van der Waals surface area contributed by atoms with Gasteiger partial charge in [0, 0.05) is 18.0 Å². The van der Waals surface area contributed by atoms with Crippen LogP contribution < -0.4 is 4.74 Å². The highest BCUT2D eigenvalue weighted by Crippen LogP contribution is 2.44. The zero-order valence-electron chi connectivity index (χ0n) is 15.3. The van der Waals surface area contributed by atoms with Gasteiger partial charge in [-0.15, -0.1) is 0 Å². The van der Waals surface area contributed by atoms with E-state index in [9.17, 15) is 0 Å². The summed E-state index contributed by atoms with van der Waals surface area (Å²) in [7, 11) is 0. The number of ether oxygens (including phenoxy) is 1. The average Bonchev–Trinajstić information content (AvgIpc) is 3.27. The molecule has 0 aliphatic rings. The first-order valence-corrected chi connectivity index (χ1v) is 9.19. The molecule has 134 valence electrons. The van der Waals surface area contributed by atoms with Gasteiger partial charge in [0.25, 0.3) is 0 Å². The summed E-state index contributed by atoms with van der Waals surface area (Å²) in [5, 5.41) is 0. The molecule has 0 atom stereocenters. The van der Waals surface area contributed by atoms with Gasteiger partial charge in [0.2, 0.25) is 0 Å². The van der Waals surface area contributed by atoms with E-state index in [-0.39, 0.29) is 0 Å². The summed E-state index contributed by atoms with van der Waals surface area (Å²) >= 11 is 0. The van der Waals surface area contributed by atoms with Gasteiger partial charge < -0.3 is 9.30 Å². The van der Waals surface area contributed by atoms with Crippen LogP contribution in [0, 0.1) is 0 Å². The molecule has 4 aromatic rings. The highest BCUT2D eigenvalue weighted by molar-refractivity contribution is 5.55. The van der Waals surface area contributed by atoms with Gasteiger partial charge in [0.15, 0.2) is 0 Å². The second-order valence-electron chi connectivity index (χ2n) is 6.34. The highest BCUT2D eigenvalue weighted by Gasteiger charge is 2.40. The van der Waals surface area contributed by atoms with Gasteiger partial charge in [-0.3, -0.25) is 0 Å². The van der Waals surface area contributed by atoms with Crippen molar-refractivity contribution in [3.8, 4) is 5.75 Å². The van der Waals surface area contributed by atoms with E-state index < -0.39 is 5.54 Å². The van der Waals surface area contributed by atoms with Crippen molar-refractivity contribution in [1.82, 2.24) is 9.55 Å². The van der Waals surface area contributed by atoms with E-state index in [0.29, 0.717) is 6.61 Å². The van der Waals surface area contributed by atoms with Crippen LogP contribution in [0.5, 0.6) is 5.75 Å². The molecule has 3 heteroatoms. The maximum Gasteiger partial charge on any atom is 0.125 e. The molecule has 0 radical (unpaired) electrons. The van der Waals surface area contributed by atoms with Crippen LogP contribution in [-0.4, -0.2) is 16.2 Å². The smallest absolute Gasteiger partial charge is 0.125 e. The lowest BCUT2D eigenvalue weighted by Crippen LogP contribution is -2.37. The lowest BCUT2D eigenvalue weighted by Gasteiger charge is -2.38. The summed E-state index contributed by atoms with van der Waals surface area (Å²) in [4.78, 5) is 4.36. The van der Waals surface area contributed by atoms with Crippen molar-refractivity contribution in [2.45, 2.75) is 12.5 Å². The number of hydrogen-bond acceptors (Lipinski definition) is 2. The van der Waals surface area contributed by atoms with Crippen LogP contribution in [0.1, 0.15) is 23.6 Å². The van der Waals surface area contributed by atoms with Crippen LogP contribution in [0.4, 0.5) is 0 Å². The first-order chi connectivity index (χ1) is 13.4. The Bertz CT molecular complexity index is 940. The summed E-state index contributed by atoms with van der Waals surface area (Å²) < 4.78 is 8.21. The molecular formula is C24H22N2O. The Labute approximate surface area is 159 Å². The number of hydrogen-bond donors (Lipinski definition) is 0. The molecule has 0 spiro atoms.